The maximum absolute atomic E-state index is 12.4. The van der Waals surface area contributed by atoms with Crippen LogP contribution in [-0.2, 0) is 4.79 Å². The Morgan fingerprint density at radius 3 is 2.13 bits per heavy atom. The van der Waals surface area contributed by atoms with Gasteiger partial charge in [0, 0.05) is 16.3 Å². The number of rotatable bonds is 5. The van der Waals surface area contributed by atoms with Crippen molar-refractivity contribution in [2.45, 2.75) is 19.4 Å². The number of nitrogens with two attached hydrogens (primary N) is 1. The van der Waals surface area contributed by atoms with E-state index in [4.69, 9.17) is 22.1 Å². The van der Waals surface area contributed by atoms with Crippen LogP contribution in [0.25, 0.3) is 0 Å². The highest BCUT2D eigenvalue weighted by molar-refractivity contribution is 6.30. The minimum absolute atomic E-state index is 0.320. The zero-order chi connectivity index (χ0) is 17.0. The van der Waals surface area contributed by atoms with Crippen molar-refractivity contribution in [3.05, 3.63) is 59.1 Å². The van der Waals surface area contributed by atoms with Crippen LogP contribution in [0.3, 0.4) is 0 Å². The smallest absolute Gasteiger partial charge is 0.267 e. The monoisotopic (exact) mass is 332 g/mol. The Bertz CT molecular complexity index is 710. The second kappa shape index (κ2) is 6.71. The standard InChI is InChI=1S/C17H17ClN2O3/c1-17(2,23-14-9-5-12(18)6-10-14)16(22)20-13-7-3-11(4-8-13)15(19)21/h3-10H,1-2H3,(H2,19,21)(H,20,22). The Morgan fingerprint density at radius 2 is 1.61 bits per heavy atom. The van der Waals surface area contributed by atoms with E-state index in [-0.39, 0.29) is 5.91 Å². The number of nitrogens with one attached hydrogen (secondary N) is 1. The SMILES string of the molecule is CC(C)(Oc1ccc(Cl)cc1)C(=O)Nc1ccc(C(N)=O)cc1. The number of halogens is 1. The van der Waals surface area contributed by atoms with Crippen LogP contribution in [0.4, 0.5) is 5.69 Å². The Labute approximate surface area is 139 Å². The summed E-state index contributed by atoms with van der Waals surface area (Å²) in [6, 6.07) is 13.1. The molecule has 0 fully saturated rings. The zero-order valence-electron chi connectivity index (χ0n) is 12.8. The molecule has 23 heavy (non-hydrogen) atoms. The summed E-state index contributed by atoms with van der Waals surface area (Å²) in [7, 11) is 0. The summed E-state index contributed by atoms with van der Waals surface area (Å²) < 4.78 is 5.71. The lowest BCUT2D eigenvalue weighted by atomic mass is 10.1. The highest BCUT2D eigenvalue weighted by Crippen LogP contribution is 2.22. The molecule has 5 nitrogen and oxygen atoms in total. The molecule has 120 valence electrons. The minimum atomic E-state index is -1.09. The molecule has 6 heteroatoms. The molecule has 0 aromatic heterocycles. The molecule has 0 aliphatic heterocycles. The van der Waals surface area contributed by atoms with Gasteiger partial charge < -0.3 is 15.8 Å². The molecule has 0 aliphatic carbocycles. The molecule has 0 aliphatic rings. The van der Waals surface area contributed by atoms with Crippen molar-refractivity contribution in [1.29, 1.82) is 0 Å². The van der Waals surface area contributed by atoms with Gasteiger partial charge in [0.1, 0.15) is 5.75 Å². The normalized spacial score (nSPS) is 10.9. The van der Waals surface area contributed by atoms with Crippen molar-refractivity contribution in [1.82, 2.24) is 0 Å². The third kappa shape index (κ3) is 4.47. The molecule has 2 aromatic carbocycles. The maximum atomic E-state index is 12.4. The average molecular weight is 333 g/mol. The lowest BCUT2D eigenvalue weighted by molar-refractivity contribution is -0.128. The molecular weight excluding hydrogens is 316 g/mol. The molecule has 0 bridgehead atoms. The van der Waals surface area contributed by atoms with Gasteiger partial charge in [-0.1, -0.05) is 11.6 Å². The molecule has 0 radical (unpaired) electrons. The number of benzene rings is 2. The number of hydrogen-bond acceptors (Lipinski definition) is 3. The van der Waals surface area contributed by atoms with Gasteiger partial charge in [-0.25, -0.2) is 0 Å². The highest BCUT2D eigenvalue weighted by Gasteiger charge is 2.30. The summed E-state index contributed by atoms with van der Waals surface area (Å²) >= 11 is 5.82. The van der Waals surface area contributed by atoms with Crippen LogP contribution in [0.1, 0.15) is 24.2 Å². The van der Waals surface area contributed by atoms with Gasteiger partial charge in [-0.15, -0.1) is 0 Å². The third-order valence-corrected chi connectivity index (χ3v) is 3.41. The highest BCUT2D eigenvalue weighted by atomic mass is 35.5. The number of carbonyl (C=O) groups is 2. The van der Waals surface area contributed by atoms with Crippen molar-refractivity contribution < 1.29 is 14.3 Å². The summed E-state index contributed by atoms with van der Waals surface area (Å²) in [5, 5.41) is 3.33. The van der Waals surface area contributed by atoms with Gasteiger partial charge in [0.15, 0.2) is 5.60 Å². The van der Waals surface area contributed by atoms with Gasteiger partial charge in [0.05, 0.1) is 0 Å². The second-order valence-electron chi connectivity index (χ2n) is 5.46. The van der Waals surface area contributed by atoms with Crippen molar-refractivity contribution >= 4 is 29.1 Å². The van der Waals surface area contributed by atoms with Gasteiger partial charge >= 0.3 is 0 Å². The Hall–Kier alpha value is -2.53. The first-order chi connectivity index (χ1) is 10.8. The topological polar surface area (TPSA) is 81.4 Å². The first-order valence-electron chi connectivity index (χ1n) is 6.94. The molecule has 0 saturated carbocycles. The average Bonchev–Trinajstić information content (AvgIpc) is 2.50. The maximum Gasteiger partial charge on any atom is 0.267 e. The molecule has 0 saturated heterocycles. The largest absolute Gasteiger partial charge is 0.478 e. The van der Waals surface area contributed by atoms with Crippen LogP contribution < -0.4 is 15.8 Å². The number of carbonyl (C=O) groups excluding carboxylic acids is 2. The van der Waals surface area contributed by atoms with Gasteiger partial charge in [0.25, 0.3) is 5.91 Å². The van der Waals surface area contributed by atoms with Crippen LogP contribution in [0.15, 0.2) is 48.5 Å². The third-order valence-electron chi connectivity index (χ3n) is 3.16. The van der Waals surface area contributed by atoms with Crippen LogP contribution in [0, 0.1) is 0 Å². The van der Waals surface area contributed by atoms with Crippen molar-refractivity contribution in [3.8, 4) is 5.75 Å². The van der Waals surface area contributed by atoms with Crippen molar-refractivity contribution in [3.63, 3.8) is 0 Å². The van der Waals surface area contributed by atoms with Crippen molar-refractivity contribution in [2.24, 2.45) is 5.73 Å². The number of ether oxygens (including phenoxy) is 1. The molecule has 0 heterocycles. The van der Waals surface area contributed by atoms with E-state index >= 15 is 0 Å². The van der Waals surface area contributed by atoms with Crippen LogP contribution >= 0.6 is 11.6 Å². The summed E-state index contributed by atoms with van der Waals surface area (Å²) in [5.74, 6) is -0.299. The van der Waals surface area contributed by atoms with Gasteiger partial charge in [-0.05, 0) is 62.4 Å². The molecule has 0 unspecified atom stereocenters. The Morgan fingerprint density at radius 1 is 1.04 bits per heavy atom. The summed E-state index contributed by atoms with van der Waals surface area (Å²) in [6.07, 6.45) is 0. The van der Waals surface area contributed by atoms with Crippen LogP contribution in [0.2, 0.25) is 5.02 Å². The number of amides is 2. The molecule has 3 N–H and O–H groups in total. The number of anilines is 1. The zero-order valence-corrected chi connectivity index (χ0v) is 13.6. The second-order valence-corrected chi connectivity index (χ2v) is 5.90. The lowest BCUT2D eigenvalue weighted by Gasteiger charge is -2.25. The van der Waals surface area contributed by atoms with E-state index in [1.54, 1.807) is 62.4 Å². The fourth-order valence-electron chi connectivity index (χ4n) is 1.84. The van der Waals surface area contributed by atoms with Gasteiger partial charge in [-0.3, -0.25) is 9.59 Å². The Balaban J connectivity index is 2.05. The summed E-state index contributed by atoms with van der Waals surface area (Å²) in [5.41, 5.74) is 5.01. The molecular formula is C17H17ClN2O3. The fourth-order valence-corrected chi connectivity index (χ4v) is 1.97. The van der Waals surface area contributed by atoms with Crippen LogP contribution in [-0.4, -0.2) is 17.4 Å². The van der Waals surface area contributed by atoms with Crippen LogP contribution in [0.5, 0.6) is 5.75 Å². The summed E-state index contributed by atoms with van der Waals surface area (Å²) in [6.45, 7) is 3.32. The number of hydrogen-bond donors (Lipinski definition) is 2. The van der Waals surface area contributed by atoms with Gasteiger partial charge in [-0.2, -0.15) is 0 Å². The van der Waals surface area contributed by atoms with Gasteiger partial charge in [0.2, 0.25) is 5.91 Å². The molecule has 2 amide bonds. The molecule has 2 aromatic rings. The fraction of sp³-hybridized carbons (Fsp3) is 0.176. The summed E-state index contributed by atoms with van der Waals surface area (Å²) in [4.78, 5) is 23.4. The lowest BCUT2D eigenvalue weighted by Crippen LogP contribution is -2.42. The molecule has 0 spiro atoms. The predicted molar refractivity (Wildman–Crippen MR) is 89.7 cm³/mol. The van der Waals surface area contributed by atoms with Crippen molar-refractivity contribution in [2.75, 3.05) is 5.32 Å². The van der Waals surface area contributed by atoms with E-state index < -0.39 is 11.5 Å². The molecule has 2 rings (SSSR count). The Kier molecular flexibility index (Phi) is 4.91. The minimum Gasteiger partial charge on any atom is -0.478 e. The predicted octanol–water partition coefficient (Wildman–Crippen LogP) is 3.24. The first kappa shape index (κ1) is 16.8. The number of primary amides is 1. The van der Waals surface area contributed by atoms with E-state index in [1.807, 2.05) is 0 Å². The quantitative estimate of drug-likeness (QED) is 0.882. The molecule has 0 atom stereocenters. The van der Waals surface area contributed by atoms with E-state index in [1.165, 1.54) is 0 Å². The van der Waals surface area contributed by atoms with E-state index in [2.05, 4.69) is 5.32 Å². The van der Waals surface area contributed by atoms with E-state index in [0.717, 1.165) is 0 Å². The first-order valence-corrected chi connectivity index (χ1v) is 7.31. The van der Waals surface area contributed by atoms with E-state index in [0.29, 0.717) is 22.0 Å². The van der Waals surface area contributed by atoms with E-state index in [9.17, 15) is 9.59 Å².